The summed E-state index contributed by atoms with van der Waals surface area (Å²) in [6.45, 7) is 17.5. The van der Waals surface area contributed by atoms with E-state index < -0.39 is 0 Å². The number of aromatic nitrogens is 3. The molecule has 5 aromatic carbocycles. The van der Waals surface area contributed by atoms with E-state index in [2.05, 4.69) is 50.5 Å². The van der Waals surface area contributed by atoms with Crippen molar-refractivity contribution in [2.24, 2.45) is 0 Å². The fourth-order valence-corrected chi connectivity index (χ4v) is 6.42. The van der Waals surface area contributed by atoms with Gasteiger partial charge in [-0.3, -0.25) is 14.6 Å². The molecule has 3 heterocycles. The highest BCUT2D eigenvalue weighted by molar-refractivity contribution is 6.09. The third-order valence-electron chi connectivity index (χ3n) is 8.89. The Morgan fingerprint density at radius 3 is 1.09 bits per heavy atom. The van der Waals surface area contributed by atoms with Gasteiger partial charge in [0.05, 0.1) is 0 Å². The number of carbonyl (C=O) groups is 2. The van der Waals surface area contributed by atoms with Gasteiger partial charge in [0.25, 0.3) is 0 Å². The van der Waals surface area contributed by atoms with Crippen LogP contribution in [0.1, 0.15) is 98.4 Å². The highest BCUT2D eigenvalue weighted by atomic mass is 16.1. The number of fused-ring (bicyclic) bond motifs is 2. The Morgan fingerprint density at radius 2 is 0.707 bits per heavy atom. The summed E-state index contributed by atoms with van der Waals surface area (Å²) in [6.07, 6.45) is 8.26. The summed E-state index contributed by atoms with van der Waals surface area (Å²) in [7, 11) is 0. The zero-order valence-electron chi connectivity index (χ0n) is 35.7. The molecule has 0 amide bonds. The average Bonchev–Trinajstić information content (AvgIpc) is 3.86. The van der Waals surface area contributed by atoms with Gasteiger partial charge in [0.15, 0.2) is 11.6 Å². The lowest BCUT2D eigenvalue weighted by Gasteiger charge is -2.05. The van der Waals surface area contributed by atoms with Gasteiger partial charge in [-0.2, -0.15) is 0 Å². The van der Waals surface area contributed by atoms with Crippen LogP contribution in [0.4, 0.5) is 0 Å². The van der Waals surface area contributed by atoms with Gasteiger partial charge in [-0.1, -0.05) is 183 Å². The monoisotopic (exact) mass is 771 g/mol. The molecule has 0 saturated heterocycles. The molecule has 0 aliphatic heterocycles. The quantitative estimate of drug-likeness (QED) is 0.130. The first kappa shape index (κ1) is 46.1. The number of rotatable bonds is 10. The zero-order valence-corrected chi connectivity index (χ0v) is 35.7. The molecule has 5 heteroatoms. The predicted molar refractivity (Wildman–Crippen MR) is 247 cm³/mol. The van der Waals surface area contributed by atoms with Gasteiger partial charge in [-0.25, -0.2) is 0 Å². The van der Waals surface area contributed by atoms with E-state index in [9.17, 15) is 9.59 Å². The number of hydrogen-bond acceptors (Lipinski definition) is 3. The second-order valence-corrected chi connectivity index (χ2v) is 12.4. The topological polar surface area (TPSA) is 56.9 Å². The third kappa shape index (κ3) is 12.9. The van der Waals surface area contributed by atoms with Crippen molar-refractivity contribution in [2.45, 2.75) is 81.3 Å². The molecule has 8 rings (SSSR count). The number of nitrogens with zero attached hydrogens (tertiary/aromatic N) is 3. The van der Waals surface area contributed by atoms with Crippen molar-refractivity contribution in [1.29, 1.82) is 0 Å². The molecule has 58 heavy (non-hydrogen) atoms. The van der Waals surface area contributed by atoms with E-state index in [1.807, 2.05) is 183 Å². The Balaban J connectivity index is 0.000000265. The maximum atomic E-state index is 12.9. The Bertz CT molecular complexity index is 2170. The third-order valence-corrected chi connectivity index (χ3v) is 8.89. The normalized spacial score (nSPS) is 9.79. The number of Topliss-reactive ketones (excluding diaryl/α,β-unsaturated/α-hetero) is 2. The predicted octanol–water partition coefficient (Wildman–Crippen LogP) is 13.7. The van der Waals surface area contributed by atoms with E-state index >= 15 is 0 Å². The highest BCUT2D eigenvalue weighted by Crippen LogP contribution is 2.25. The molecular weight excluding hydrogens is 711 g/mol. The van der Waals surface area contributed by atoms with Gasteiger partial charge in [0, 0.05) is 83.7 Å². The lowest BCUT2D eigenvalue weighted by atomic mass is 10.0. The smallest absolute Gasteiger partial charge is 0.169 e. The largest absolute Gasteiger partial charge is 0.342 e. The molecule has 0 N–H and O–H groups in total. The molecule has 0 fully saturated rings. The summed E-state index contributed by atoms with van der Waals surface area (Å²) in [5.41, 5.74) is 8.25. The molecule has 5 nitrogen and oxygen atoms in total. The Labute approximate surface area is 347 Å². The summed E-state index contributed by atoms with van der Waals surface area (Å²) in [5.74, 6) is 0.295. The minimum Gasteiger partial charge on any atom is -0.342 e. The van der Waals surface area contributed by atoms with Crippen LogP contribution >= 0.6 is 0 Å². The van der Waals surface area contributed by atoms with E-state index in [1.165, 1.54) is 11.1 Å². The van der Waals surface area contributed by atoms with Crippen LogP contribution in [0, 0.1) is 0 Å². The fraction of sp³-hybridized carbons (Fsp3) is 0.226. The molecule has 3 aromatic heterocycles. The van der Waals surface area contributed by atoms with E-state index in [4.69, 9.17) is 0 Å². The number of carbonyl (C=O) groups excluding carboxylic acids is 2. The Kier molecular flexibility index (Phi) is 20.5. The minimum atomic E-state index is 0.134. The summed E-state index contributed by atoms with van der Waals surface area (Å²) >= 11 is 0. The van der Waals surface area contributed by atoms with Crippen molar-refractivity contribution in [2.75, 3.05) is 0 Å². The van der Waals surface area contributed by atoms with Gasteiger partial charge in [0.1, 0.15) is 0 Å². The maximum Gasteiger partial charge on any atom is 0.169 e. The van der Waals surface area contributed by atoms with E-state index in [0.29, 0.717) is 12.8 Å². The first-order valence-corrected chi connectivity index (χ1v) is 20.9. The second kappa shape index (κ2) is 25.8. The number of para-hydroxylation sites is 2. The Morgan fingerprint density at radius 1 is 0.397 bits per heavy atom. The summed E-state index contributed by atoms with van der Waals surface area (Å²) in [6, 6.07) is 50.6. The van der Waals surface area contributed by atoms with Crippen LogP contribution in [0.3, 0.4) is 0 Å². The number of hydrogen-bond donors (Lipinski definition) is 0. The molecule has 0 saturated carbocycles. The van der Waals surface area contributed by atoms with Crippen LogP contribution in [0.15, 0.2) is 176 Å². The number of pyridine rings is 1. The lowest BCUT2D eigenvalue weighted by Crippen LogP contribution is -2.03. The molecule has 0 bridgehead atoms. The zero-order chi connectivity index (χ0) is 42.1. The molecular formula is C53H61N3O2. The SMILES string of the molecule is CC.CC.CC.CC.O=C(Cc1ccccc1)c1cn(Cc2ccccc2)c2ccccc12.O=C(Cc1ccncc1)c1cn(Cc2ccccc2)c2ccccc12. The van der Waals surface area contributed by atoms with E-state index in [1.54, 1.807) is 12.4 Å². The van der Waals surface area contributed by atoms with E-state index in [-0.39, 0.29) is 11.6 Å². The number of ketones is 2. The van der Waals surface area contributed by atoms with Crippen molar-refractivity contribution in [3.8, 4) is 0 Å². The highest BCUT2D eigenvalue weighted by Gasteiger charge is 2.17. The fourth-order valence-electron chi connectivity index (χ4n) is 6.42. The Hall–Kier alpha value is -6.33. The molecule has 8 aromatic rings. The van der Waals surface area contributed by atoms with Crippen molar-refractivity contribution in [1.82, 2.24) is 14.1 Å². The van der Waals surface area contributed by atoms with Crippen molar-refractivity contribution in [3.63, 3.8) is 0 Å². The average molecular weight is 772 g/mol. The van der Waals surface area contributed by atoms with Gasteiger partial charge >= 0.3 is 0 Å². The van der Waals surface area contributed by atoms with Crippen LogP contribution in [-0.4, -0.2) is 25.7 Å². The standard InChI is InChI=1S/C23H19NO.C22H18N2O.4C2H6/c25-23(15-18-9-3-1-4-10-18)21-17-24(16-19-11-5-2-6-12-19)22-14-8-7-13-20(21)22;25-22(14-17-10-12-23-13-11-17)20-16-24(15-18-6-2-1-3-7-18)21-9-5-4-8-19(20)21;4*1-2/h1-14,17H,15-16H2;1-13,16H,14-15H2;4*1-2H3. The molecule has 0 unspecified atom stereocenters. The van der Waals surface area contributed by atoms with Crippen LogP contribution in [0.25, 0.3) is 21.8 Å². The van der Waals surface area contributed by atoms with E-state index in [0.717, 1.165) is 57.1 Å². The molecule has 0 radical (unpaired) electrons. The molecule has 300 valence electrons. The molecule has 0 aliphatic carbocycles. The van der Waals surface area contributed by atoms with Crippen LogP contribution in [-0.2, 0) is 25.9 Å². The summed E-state index contributed by atoms with van der Waals surface area (Å²) < 4.78 is 4.33. The molecule has 0 atom stereocenters. The first-order chi connectivity index (χ1) is 28.6. The van der Waals surface area contributed by atoms with Gasteiger partial charge < -0.3 is 9.13 Å². The first-order valence-electron chi connectivity index (χ1n) is 20.9. The lowest BCUT2D eigenvalue weighted by molar-refractivity contribution is 0.0986. The second-order valence-electron chi connectivity index (χ2n) is 12.4. The van der Waals surface area contributed by atoms with Crippen molar-refractivity contribution in [3.05, 3.63) is 210 Å². The van der Waals surface area contributed by atoms with Crippen molar-refractivity contribution < 1.29 is 9.59 Å². The maximum absolute atomic E-state index is 12.9. The number of benzene rings is 5. The summed E-state index contributed by atoms with van der Waals surface area (Å²) in [4.78, 5) is 29.8. The van der Waals surface area contributed by atoms with Crippen molar-refractivity contribution >= 4 is 33.4 Å². The minimum absolute atomic E-state index is 0.134. The van der Waals surface area contributed by atoms with Gasteiger partial charge in [-0.15, -0.1) is 0 Å². The van der Waals surface area contributed by atoms with Gasteiger partial charge in [-0.05, 0) is 46.5 Å². The van der Waals surface area contributed by atoms with Crippen LogP contribution < -0.4 is 0 Å². The van der Waals surface area contributed by atoms with Gasteiger partial charge in [0.2, 0.25) is 0 Å². The molecule has 0 spiro atoms. The summed E-state index contributed by atoms with van der Waals surface area (Å²) in [5, 5.41) is 2.04. The van der Waals surface area contributed by atoms with Crippen LogP contribution in [0.2, 0.25) is 0 Å². The molecule has 0 aliphatic rings. The van der Waals surface area contributed by atoms with Crippen LogP contribution in [0.5, 0.6) is 0 Å².